The van der Waals surface area contributed by atoms with Crippen molar-refractivity contribution in [3.63, 3.8) is 0 Å². The Morgan fingerprint density at radius 3 is 1.22 bits per heavy atom. The summed E-state index contributed by atoms with van der Waals surface area (Å²) in [5.41, 5.74) is 10.7. The Hall–Kier alpha value is -2.36. The maximum absolute atomic E-state index is 11.8. The predicted octanol–water partition coefficient (Wildman–Crippen LogP) is 0.272. The molecular formula is C14H12N2O2. The smallest absolute Gasteiger partial charge is 0.235 e. The minimum Gasteiger partial charge on any atom is -0.368 e. The second-order valence-electron chi connectivity index (χ2n) is 4.71. The van der Waals surface area contributed by atoms with Gasteiger partial charge in [0.2, 0.25) is 11.8 Å². The average molecular weight is 240 g/mol. The van der Waals surface area contributed by atoms with E-state index in [9.17, 15) is 9.59 Å². The summed E-state index contributed by atoms with van der Waals surface area (Å²) in [5.74, 6) is -0.939. The summed E-state index contributed by atoms with van der Waals surface area (Å²) in [4.78, 5) is 23.5. The SMILES string of the molecule is NC(=O)C12C=CC(C(N)=O)(C=C1)c1ccc2cc1. The molecule has 4 heteroatoms. The second kappa shape index (κ2) is 3.10. The van der Waals surface area contributed by atoms with Gasteiger partial charge in [-0.2, -0.15) is 0 Å². The Balaban J connectivity index is 2.37. The topological polar surface area (TPSA) is 86.2 Å². The highest BCUT2D eigenvalue weighted by atomic mass is 16.2. The third-order valence-corrected chi connectivity index (χ3v) is 3.87. The molecule has 4 N–H and O–H groups in total. The maximum atomic E-state index is 11.8. The van der Waals surface area contributed by atoms with Crippen molar-refractivity contribution in [3.05, 3.63) is 59.7 Å². The fourth-order valence-electron chi connectivity index (χ4n) is 2.66. The molecule has 0 saturated heterocycles. The first kappa shape index (κ1) is 10.8. The van der Waals surface area contributed by atoms with Crippen LogP contribution < -0.4 is 11.5 Å². The standard InChI is InChI=1S/C14H12N2O2/c15-11(17)13-5-7-14(8-6-13,12(16)18)10-2-1-9(13)3-4-10/h1-8H,(H2,15,17)(H2,16,18). The lowest BCUT2D eigenvalue weighted by molar-refractivity contribution is -0.122. The molecule has 4 nitrogen and oxygen atoms in total. The second-order valence-corrected chi connectivity index (χ2v) is 4.71. The van der Waals surface area contributed by atoms with E-state index in [-0.39, 0.29) is 0 Å². The number of primary amides is 2. The van der Waals surface area contributed by atoms with Crippen LogP contribution in [0.2, 0.25) is 0 Å². The highest BCUT2D eigenvalue weighted by molar-refractivity contribution is 5.97. The molecule has 0 aromatic heterocycles. The van der Waals surface area contributed by atoms with Gasteiger partial charge < -0.3 is 11.5 Å². The minimum absolute atomic E-state index is 0.470. The molecule has 6 rings (SSSR count). The largest absolute Gasteiger partial charge is 0.368 e. The molecule has 0 saturated carbocycles. The van der Waals surface area contributed by atoms with Crippen LogP contribution in [0.3, 0.4) is 0 Å². The number of hydrogen-bond acceptors (Lipinski definition) is 2. The number of hydrogen-bond donors (Lipinski definition) is 2. The van der Waals surface area contributed by atoms with Gasteiger partial charge in [0.25, 0.3) is 0 Å². The molecule has 90 valence electrons. The van der Waals surface area contributed by atoms with E-state index in [2.05, 4.69) is 0 Å². The van der Waals surface area contributed by atoms with Crippen molar-refractivity contribution >= 4 is 11.8 Å². The number of rotatable bonds is 2. The molecule has 1 aromatic carbocycles. The zero-order chi connectivity index (χ0) is 13.0. The van der Waals surface area contributed by atoms with Crippen LogP contribution in [0.15, 0.2) is 48.6 Å². The van der Waals surface area contributed by atoms with Crippen LogP contribution in [0.1, 0.15) is 11.1 Å². The predicted molar refractivity (Wildman–Crippen MR) is 66.5 cm³/mol. The fourth-order valence-corrected chi connectivity index (χ4v) is 2.66. The van der Waals surface area contributed by atoms with Gasteiger partial charge in [-0.25, -0.2) is 0 Å². The molecule has 0 heterocycles. The van der Waals surface area contributed by atoms with Gasteiger partial charge in [0.1, 0.15) is 10.8 Å². The summed E-state index contributed by atoms with van der Waals surface area (Å²) in [6.07, 6.45) is 6.68. The van der Waals surface area contributed by atoms with Crippen molar-refractivity contribution in [2.45, 2.75) is 10.8 Å². The zero-order valence-electron chi connectivity index (χ0n) is 9.59. The lowest BCUT2D eigenvalue weighted by Crippen LogP contribution is -2.46. The summed E-state index contributed by atoms with van der Waals surface area (Å²) in [7, 11) is 0. The number of nitrogens with two attached hydrogens (primary N) is 2. The Morgan fingerprint density at radius 2 is 1.00 bits per heavy atom. The molecule has 0 aliphatic heterocycles. The van der Waals surface area contributed by atoms with E-state index in [0.29, 0.717) is 0 Å². The summed E-state index contributed by atoms with van der Waals surface area (Å²) in [6.45, 7) is 0. The summed E-state index contributed by atoms with van der Waals surface area (Å²) < 4.78 is 0. The van der Waals surface area contributed by atoms with Crippen molar-refractivity contribution in [3.8, 4) is 0 Å². The Morgan fingerprint density at radius 1 is 0.722 bits per heavy atom. The molecule has 2 amide bonds. The molecular weight excluding hydrogens is 228 g/mol. The third-order valence-electron chi connectivity index (χ3n) is 3.87. The van der Waals surface area contributed by atoms with Crippen LogP contribution in [-0.2, 0) is 20.4 Å². The van der Waals surface area contributed by atoms with Crippen LogP contribution in [0, 0.1) is 0 Å². The molecule has 5 aliphatic carbocycles. The number of amides is 2. The fraction of sp³-hybridized carbons (Fsp3) is 0.143. The van der Waals surface area contributed by atoms with Gasteiger partial charge in [0.15, 0.2) is 0 Å². The first-order chi connectivity index (χ1) is 8.51. The molecule has 18 heavy (non-hydrogen) atoms. The van der Waals surface area contributed by atoms with Gasteiger partial charge in [0, 0.05) is 0 Å². The van der Waals surface area contributed by atoms with Crippen LogP contribution in [0.25, 0.3) is 0 Å². The van der Waals surface area contributed by atoms with Gasteiger partial charge in [-0.05, 0) is 11.1 Å². The van der Waals surface area contributed by atoms with Crippen LogP contribution in [-0.4, -0.2) is 11.8 Å². The quantitative estimate of drug-likeness (QED) is 0.727. The van der Waals surface area contributed by atoms with Gasteiger partial charge in [-0.3, -0.25) is 9.59 Å². The average Bonchev–Trinajstić information content (AvgIpc) is 2.34. The van der Waals surface area contributed by atoms with E-state index in [1.807, 2.05) is 24.3 Å². The van der Waals surface area contributed by atoms with Crippen molar-refractivity contribution < 1.29 is 9.59 Å². The minimum atomic E-state index is -0.974. The van der Waals surface area contributed by atoms with E-state index in [1.54, 1.807) is 24.3 Å². The molecule has 4 bridgehead atoms. The lowest BCUT2D eigenvalue weighted by Gasteiger charge is -2.37. The molecule has 0 radical (unpaired) electrons. The number of benzene rings is 1. The monoisotopic (exact) mass is 240 g/mol. The van der Waals surface area contributed by atoms with Crippen LogP contribution >= 0.6 is 0 Å². The zero-order valence-corrected chi connectivity index (χ0v) is 9.59. The van der Waals surface area contributed by atoms with Gasteiger partial charge >= 0.3 is 0 Å². The summed E-state index contributed by atoms with van der Waals surface area (Å²) in [6, 6.07) is 7.24. The van der Waals surface area contributed by atoms with Crippen molar-refractivity contribution in [2.75, 3.05) is 0 Å². The van der Waals surface area contributed by atoms with Crippen molar-refractivity contribution in [2.24, 2.45) is 11.5 Å². The molecule has 0 atom stereocenters. The van der Waals surface area contributed by atoms with Crippen molar-refractivity contribution in [1.29, 1.82) is 0 Å². The molecule has 0 spiro atoms. The van der Waals surface area contributed by atoms with Crippen LogP contribution in [0.5, 0.6) is 0 Å². The Labute approximate surface area is 104 Å². The van der Waals surface area contributed by atoms with E-state index in [4.69, 9.17) is 11.5 Å². The molecule has 0 fully saturated rings. The van der Waals surface area contributed by atoms with Gasteiger partial charge in [0.05, 0.1) is 0 Å². The summed E-state index contributed by atoms with van der Waals surface area (Å²) >= 11 is 0. The highest BCUT2D eigenvalue weighted by Gasteiger charge is 2.44. The normalized spacial score (nSPS) is 31.1. The van der Waals surface area contributed by atoms with Gasteiger partial charge in [-0.1, -0.05) is 48.6 Å². The highest BCUT2D eigenvalue weighted by Crippen LogP contribution is 2.41. The van der Waals surface area contributed by atoms with E-state index >= 15 is 0 Å². The van der Waals surface area contributed by atoms with Crippen LogP contribution in [0.4, 0.5) is 0 Å². The Bertz CT molecular complexity index is 544. The maximum Gasteiger partial charge on any atom is 0.235 e. The number of carbonyl (C=O) groups is 2. The summed E-state index contributed by atoms with van der Waals surface area (Å²) in [5, 5.41) is 0. The molecule has 1 aromatic rings. The van der Waals surface area contributed by atoms with E-state index in [0.717, 1.165) is 11.1 Å². The number of carbonyl (C=O) groups excluding carboxylic acids is 2. The molecule has 5 aliphatic rings. The third kappa shape index (κ3) is 1.05. The first-order valence-electron chi connectivity index (χ1n) is 5.63. The van der Waals surface area contributed by atoms with E-state index in [1.165, 1.54) is 0 Å². The lowest BCUT2D eigenvalue weighted by atomic mass is 9.65. The Kier molecular flexibility index (Phi) is 1.86. The molecule has 0 unspecified atom stereocenters. The van der Waals surface area contributed by atoms with E-state index < -0.39 is 22.6 Å². The van der Waals surface area contributed by atoms with Gasteiger partial charge in [-0.15, -0.1) is 0 Å². The van der Waals surface area contributed by atoms with Crippen molar-refractivity contribution in [1.82, 2.24) is 0 Å². The first-order valence-corrected chi connectivity index (χ1v) is 5.63.